The first-order valence-electron chi connectivity index (χ1n) is 7.11. The van der Waals surface area contributed by atoms with Crippen molar-refractivity contribution in [1.82, 2.24) is 8.61 Å². The first-order chi connectivity index (χ1) is 10.1. The highest BCUT2D eigenvalue weighted by molar-refractivity contribution is 7.86. The molecule has 0 unspecified atom stereocenters. The zero-order valence-corrected chi connectivity index (χ0v) is 12.9. The summed E-state index contributed by atoms with van der Waals surface area (Å²) in [5, 5.41) is 9.17. The lowest BCUT2D eigenvalue weighted by atomic mass is 9.90. The summed E-state index contributed by atoms with van der Waals surface area (Å²) in [6.45, 7) is -0.205. The van der Waals surface area contributed by atoms with Gasteiger partial charge in [0, 0.05) is 19.6 Å². The van der Waals surface area contributed by atoms with E-state index in [1.807, 2.05) is 0 Å². The predicted octanol–water partition coefficient (Wildman–Crippen LogP) is 1.44. The summed E-state index contributed by atoms with van der Waals surface area (Å²) in [5.74, 6) is -3.93. The number of alkyl halides is 3. The van der Waals surface area contributed by atoms with Gasteiger partial charge in [0.05, 0.1) is 5.92 Å². The van der Waals surface area contributed by atoms with E-state index in [4.69, 9.17) is 0 Å². The molecule has 0 radical (unpaired) electrons. The molecular weight excluding hydrogens is 325 g/mol. The molecule has 0 aromatic rings. The van der Waals surface area contributed by atoms with Gasteiger partial charge in [-0.25, -0.2) is 0 Å². The van der Waals surface area contributed by atoms with Gasteiger partial charge in [0.15, 0.2) is 0 Å². The highest BCUT2D eigenvalue weighted by Gasteiger charge is 2.55. The molecule has 0 aromatic heterocycles. The van der Waals surface area contributed by atoms with Gasteiger partial charge in [0.25, 0.3) is 10.2 Å². The van der Waals surface area contributed by atoms with E-state index in [1.54, 1.807) is 0 Å². The molecule has 0 bridgehead atoms. The first kappa shape index (κ1) is 17.5. The SMILES string of the molecule is CN(C1CCC1)S(=O)(=O)N1CCC[C@H](C(F)(F)F)[C@@H]1C(=O)O. The fourth-order valence-electron chi connectivity index (χ4n) is 2.97. The third-order valence-corrected chi connectivity index (χ3v) is 6.54. The van der Waals surface area contributed by atoms with E-state index in [-0.39, 0.29) is 25.4 Å². The van der Waals surface area contributed by atoms with Crippen LogP contribution in [0.25, 0.3) is 0 Å². The van der Waals surface area contributed by atoms with Gasteiger partial charge in [-0.1, -0.05) is 6.42 Å². The van der Waals surface area contributed by atoms with Crippen molar-refractivity contribution in [2.75, 3.05) is 13.6 Å². The normalized spacial score (nSPS) is 28.6. The molecule has 2 aliphatic rings. The summed E-state index contributed by atoms with van der Waals surface area (Å²) in [7, 11) is -2.92. The molecule has 0 aromatic carbocycles. The lowest BCUT2D eigenvalue weighted by molar-refractivity contribution is -0.202. The fourth-order valence-corrected chi connectivity index (χ4v) is 4.77. The van der Waals surface area contributed by atoms with Crippen molar-refractivity contribution in [3.8, 4) is 0 Å². The van der Waals surface area contributed by atoms with Crippen molar-refractivity contribution in [2.24, 2.45) is 5.92 Å². The van der Waals surface area contributed by atoms with Gasteiger partial charge < -0.3 is 5.11 Å². The van der Waals surface area contributed by atoms with E-state index in [1.165, 1.54) is 7.05 Å². The van der Waals surface area contributed by atoms with E-state index >= 15 is 0 Å². The number of piperidine rings is 1. The maximum atomic E-state index is 13.1. The maximum absolute atomic E-state index is 13.1. The Hall–Kier alpha value is -0.870. The number of carbonyl (C=O) groups is 1. The van der Waals surface area contributed by atoms with Crippen molar-refractivity contribution in [3.63, 3.8) is 0 Å². The summed E-state index contributed by atoms with van der Waals surface area (Å²) in [6, 6.07) is -2.35. The number of halogens is 3. The Labute approximate surface area is 127 Å². The summed E-state index contributed by atoms with van der Waals surface area (Å²) in [4.78, 5) is 11.3. The second-order valence-electron chi connectivity index (χ2n) is 5.79. The predicted molar refractivity (Wildman–Crippen MR) is 71.2 cm³/mol. The lowest BCUT2D eigenvalue weighted by Crippen LogP contribution is -2.60. The van der Waals surface area contributed by atoms with Gasteiger partial charge in [0.2, 0.25) is 0 Å². The highest BCUT2D eigenvalue weighted by atomic mass is 32.2. The Bertz CT molecular complexity index is 533. The van der Waals surface area contributed by atoms with Crippen LogP contribution in [0.15, 0.2) is 0 Å². The van der Waals surface area contributed by atoms with Crippen molar-refractivity contribution < 1.29 is 31.5 Å². The first-order valence-corrected chi connectivity index (χ1v) is 8.51. The third-order valence-electron chi connectivity index (χ3n) is 4.51. The molecule has 0 amide bonds. The summed E-state index contributed by atoms with van der Waals surface area (Å²) in [6.07, 6.45) is -2.98. The van der Waals surface area contributed by atoms with Crippen LogP contribution in [0.5, 0.6) is 0 Å². The monoisotopic (exact) mass is 344 g/mol. The average molecular weight is 344 g/mol. The van der Waals surface area contributed by atoms with Crippen LogP contribution in [0.1, 0.15) is 32.1 Å². The van der Waals surface area contributed by atoms with Gasteiger partial charge in [-0.05, 0) is 25.7 Å². The van der Waals surface area contributed by atoms with Crippen molar-refractivity contribution in [3.05, 3.63) is 0 Å². The number of carboxylic acids is 1. The van der Waals surface area contributed by atoms with E-state index in [0.29, 0.717) is 17.1 Å². The molecule has 1 aliphatic carbocycles. The minimum atomic E-state index is -4.74. The standard InChI is InChI=1S/C12H19F3N2O4S/c1-16(8-4-2-5-8)22(20,21)17-7-3-6-9(12(13,14)15)10(17)11(18)19/h8-10H,2-7H2,1H3,(H,18,19)/t9-,10+/m0/s1. The van der Waals surface area contributed by atoms with Crippen LogP contribution in [0.4, 0.5) is 13.2 Å². The van der Waals surface area contributed by atoms with Crippen LogP contribution in [0.3, 0.4) is 0 Å². The average Bonchev–Trinajstić information content (AvgIpc) is 2.34. The smallest absolute Gasteiger partial charge is 0.393 e. The Morgan fingerprint density at radius 3 is 2.23 bits per heavy atom. The Morgan fingerprint density at radius 2 is 1.82 bits per heavy atom. The minimum absolute atomic E-state index is 0.00824. The highest BCUT2D eigenvalue weighted by Crippen LogP contribution is 2.39. The molecule has 2 fully saturated rings. The molecule has 2 atom stereocenters. The molecule has 128 valence electrons. The molecule has 1 heterocycles. The molecule has 22 heavy (non-hydrogen) atoms. The molecule has 1 saturated heterocycles. The second-order valence-corrected chi connectivity index (χ2v) is 7.73. The van der Waals surface area contributed by atoms with Crippen LogP contribution >= 0.6 is 0 Å². The topological polar surface area (TPSA) is 77.9 Å². The number of rotatable bonds is 4. The van der Waals surface area contributed by atoms with Crippen LogP contribution in [0.2, 0.25) is 0 Å². The second kappa shape index (κ2) is 5.97. The summed E-state index contributed by atoms with van der Waals surface area (Å²) >= 11 is 0. The molecule has 1 N–H and O–H groups in total. The zero-order valence-electron chi connectivity index (χ0n) is 12.1. The Balaban J connectivity index is 2.32. The van der Waals surface area contributed by atoms with Gasteiger partial charge in [-0.3, -0.25) is 4.79 Å². The molecule has 10 heteroatoms. The molecular formula is C12H19F3N2O4S. The largest absolute Gasteiger partial charge is 0.480 e. The van der Waals surface area contributed by atoms with E-state index < -0.39 is 34.3 Å². The van der Waals surface area contributed by atoms with E-state index in [2.05, 4.69) is 0 Å². The molecule has 6 nitrogen and oxygen atoms in total. The summed E-state index contributed by atoms with van der Waals surface area (Å²) in [5.41, 5.74) is 0. The lowest BCUT2D eigenvalue weighted by Gasteiger charge is -2.42. The molecule has 0 spiro atoms. The van der Waals surface area contributed by atoms with Gasteiger partial charge in [0.1, 0.15) is 6.04 Å². The molecule has 1 aliphatic heterocycles. The van der Waals surface area contributed by atoms with Crippen molar-refractivity contribution >= 4 is 16.2 Å². The fraction of sp³-hybridized carbons (Fsp3) is 0.917. The molecule has 1 saturated carbocycles. The third kappa shape index (κ3) is 3.09. The molecule has 2 rings (SSSR count). The van der Waals surface area contributed by atoms with Gasteiger partial charge in [-0.2, -0.15) is 30.2 Å². The van der Waals surface area contributed by atoms with E-state index in [9.17, 15) is 31.5 Å². The minimum Gasteiger partial charge on any atom is -0.480 e. The number of aliphatic carboxylic acids is 1. The Kier molecular flexibility index (Phi) is 4.74. The number of nitrogens with zero attached hydrogens (tertiary/aromatic N) is 2. The van der Waals surface area contributed by atoms with Crippen LogP contribution in [-0.2, 0) is 15.0 Å². The van der Waals surface area contributed by atoms with Crippen LogP contribution < -0.4 is 0 Å². The zero-order chi connectivity index (χ0) is 16.7. The Morgan fingerprint density at radius 1 is 1.23 bits per heavy atom. The number of hydrogen-bond acceptors (Lipinski definition) is 3. The quantitative estimate of drug-likeness (QED) is 0.837. The van der Waals surface area contributed by atoms with Crippen molar-refractivity contribution in [1.29, 1.82) is 0 Å². The van der Waals surface area contributed by atoms with Crippen LogP contribution in [-0.4, -0.2) is 60.0 Å². The van der Waals surface area contributed by atoms with Crippen molar-refractivity contribution in [2.45, 2.75) is 50.4 Å². The van der Waals surface area contributed by atoms with Gasteiger partial charge in [-0.15, -0.1) is 0 Å². The summed E-state index contributed by atoms with van der Waals surface area (Å²) < 4.78 is 65.7. The van der Waals surface area contributed by atoms with E-state index in [0.717, 1.165) is 10.7 Å². The number of hydrogen-bond donors (Lipinski definition) is 1. The van der Waals surface area contributed by atoms with Crippen LogP contribution in [0, 0.1) is 5.92 Å². The number of carboxylic acid groups (broad SMARTS) is 1. The van der Waals surface area contributed by atoms with Gasteiger partial charge >= 0.3 is 12.1 Å². The maximum Gasteiger partial charge on any atom is 0.393 e.